The van der Waals surface area contributed by atoms with Crippen molar-refractivity contribution in [2.75, 3.05) is 19.5 Å². The molecule has 0 saturated heterocycles. The van der Waals surface area contributed by atoms with Crippen LogP contribution in [-0.4, -0.2) is 25.4 Å². The van der Waals surface area contributed by atoms with Crippen LogP contribution in [0.2, 0.25) is 0 Å². The predicted molar refractivity (Wildman–Crippen MR) is 70.9 cm³/mol. The largest absolute Gasteiger partial charge is 0.493 e. The molecule has 4 heteroatoms. The Labute approximate surface area is 108 Å². The molecule has 0 fully saturated rings. The van der Waals surface area contributed by atoms with E-state index in [-0.39, 0.29) is 5.97 Å². The summed E-state index contributed by atoms with van der Waals surface area (Å²) in [4.78, 5) is 11.2. The second-order valence-corrected chi connectivity index (χ2v) is 4.15. The Morgan fingerprint density at radius 3 is 2.47 bits per heavy atom. The third kappa shape index (κ3) is 4.30. The molecule has 0 N–H and O–H groups in total. The van der Waals surface area contributed by atoms with Crippen LogP contribution in [0, 0.1) is 5.92 Å². The zero-order valence-electron chi connectivity index (χ0n) is 10.2. The van der Waals surface area contributed by atoms with Crippen LogP contribution in [0.5, 0.6) is 5.75 Å². The molecular weight excluding hydrogens is 236 g/mol. The number of esters is 1. The predicted octanol–water partition coefficient (Wildman–Crippen LogP) is 2.81. The van der Waals surface area contributed by atoms with Gasteiger partial charge in [0.1, 0.15) is 5.75 Å². The first-order valence-electron chi connectivity index (χ1n) is 5.63. The SMILES string of the molecule is CCC(CS)COc1ccc(C(=O)OC)cc1. The molecule has 0 amide bonds. The van der Waals surface area contributed by atoms with Crippen LogP contribution in [0.25, 0.3) is 0 Å². The summed E-state index contributed by atoms with van der Waals surface area (Å²) in [6, 6.07) is 6.95. The summed E-state index contributed by atoms with van der Waals surface area (Å²) >= 11 is 4.26. The third-order valence-electron chi connectivity index (χ3n) is 2.60. The first-order valence-corrected chi connectivity index (χ1v) is 6.26. The van der Waals surface area contributed by atoms with Gasteiger partial charge in [-0.3, -0.25) is 0 Å². The maximum atomic E-state index is 11.2. The van der Waals surface area contributed by atoms with Gasteiger partial charge in [0.25, 0.3) is 0 Å². The fraction of sp³-hybridized carbons (Fsp3) is 0.462. The first kappa shape index (κ1) is 13.9. The van der Waals surface area contributed by atoms with E-state index in [1.165, 1.54) is 7.11 Å². The third-order valence-corrected chi connectivity index (χ3v) is 3.11. The second-order valence-electron chi connectivity index (χ2n) is 3.78. The summed E-state index contributed by atoms with van der Waals surface area (Å²) in [7, 11) is 1.37. The summed E-state index contributed by atoms with van der Waals surface area (Å²) < 4.78 is 10.2. The molecule has 0 aliphatic rings. The number of rotatable bonds is 6. The molecule has 3 nitrogen and oxygen atoms in total. The van der Waals surface area contributed by atoms with Crippen LogP contribution in [0.4, 0.5) is 0 Å². The number of hydrogen-bond acceptors (Lipinski definition) is 4. The van der Waals surface area contributed by atoms with Gasteiger partial charge in [0.15, 0.2) is 0 Å². The molecule has 0 bridgehead atoms. The fourth-order valence-corrected chi connectivity index (χ4v) is 1.68. The number of ether oxygens (including phenoxy) is 2. The summed E-state index contributed by atoms with van der Waals surface area (Å²) in [6.07, 6.45) is 1.05. The van der Waals surface area contributed by atoms with Crippen molar-refractivity contribution in [3.05, 3.63) is 29.8 Å². The Balaban J connectivity index is 2.53. The summed E-state index contributed by atoms with van der Waals surface area (Å²) in [6.45, 7) is 2.77. The van der Waals surface area contributed by atoms with E-state index in [4.69, 9.17) is 4.74 Å². The average molecular weight is 254 g/mol. The highest BCUT2D eigenvalue weighted by Crippen LogP contribution is 2.15. The summed E-state index contributed by atoms with van der Waals surface area (Å²) in [5.41, 5.74) is 0.529. The minimum absolute atomic E-state index is 0.335. The van der Waals surface area contributed by atoms with Crippen LogP contribution < -0.4 is 4.74 Å². The Hall–Kier alpha value is -1.16. The summed E-state index contributed by atoms with van der Waals surface area (Å²) in [5.74, 6) is 1.70. The number of benzene rings is 1. The zero-order chi connectivity index (χ0) is 12.7. The first-order chi connectivity index (χ1) is 8.21. The van der Waals surface area contributed by atoms with Crippen LogP contribution in [0.1, 0.15) is 23.7 Å². The quantitative estimate of drug-likeness (QED) is 0.626. The van der Waals surface area contributed by atoms with Crippen molar-refractivity contribution in [1.29, 1.82) is 0 Å². The monoisotopic (exact) mass is 254 g/mol. The van der Waals surface area contributed by atoms with Crippen molar-refractivity contribution in [2.45, 2.75) is 13.3 Å². The van der Waals surface area contributed by atoms with Gasteiger partial charge in [-0.1, -0.05) is 6.92 Å². The molecule has 0 saturated carbocycles. The van der Waals surface area contributed by atoms with Gasteiger partial charge in [0.05, 0.1) is 19.3 Å². The number of hydrogen-bond donors (Lipinski definition) is 1. The van der Waals surface area contributed by atoms with E-state index < -0.39 is 0 Å². The molecule has 94 valence electrons. The minimum Gasteiger partial charge on any atom is -0.493 e. The zero-order valence-corrected chi connectivity index (χ0v) is 11.1. The second kappa shape index (κ2) is 7.22. The van der Waals surface area contributed by atoms with Gasteiger partial charge < -0.3 is 9.47 Å². The molecule has 0 spiro atoms. The van der Waals surface area contributed by atoms with Crippen LogP contribution in [0.15, 0.2) is 24.3 Å². The molecule has 1 aromatic rings. The lowest BCUT2D eigenvalue weighted by Gasteiger charge is -2.13. The van der Waals surface area contributed by atoms with Crippen molar-refractivity contribution in [2.24, 2.45) is 5.92 Å². The Bertz CT molecular complexity index is 344. The molecule has 1 aromatic carbocycles. The maximum absolute atomic E-state index is 11.2. The smallest absolute Gasteiger partial charge is 0.337 e. The van der Waals surface area contributed by atoms with Gasteiger partial charge in [-0.2, -0.15) is 12.6 Å². The fourth-order valence-electron chi connectivity index (χ4n) is 1.32. The molecular formula is C13H18O3S. The van der Waals surface area contributed by atoms with Gasteiger partial charge in [0.2, 0.25) is 0 Å². The van der Waals surface area contributed by atoms with Crippen LogP contribution in [-0.2, 0) is 4.74 Å². The van der Waals surface area contributed by atoms with Crippen LogP contribution >= 0.6 is 12.6 Å². The van der Waals surface area contributed by atoms with Crippen LogP contribution in [0.3, 0.4) is 0 Å². The molecule has 0 aliphatic heterocycles. The number of methoxy groups -OCH3 is 1. The van der Waals surface area contributed by atoms with Gasteiger partial charge >= 0.3 is 5.97 Å². The lowest BCUT2D eigenvalue weighted by Crippen LogP contribution is -2.12. The normalized spacial score (nSPS) is 11.9. The highest BCUT2D eigenvalue weighted by atomic mass is 32.1. The van der Waals surface area contributed by atoms with E-state index in [0.717, 1.165) is 17.9 Å². The molecule has 0 aromatic heterocycles. The molecule has 1 atom stereocenters. The van der Waals surface area contributed by atoms with Gasteiger partial charge in [-0.05, 0) is 36.4 Å². The van der Waals surface area contributed by atoms with E-state index in [9.17, 15) is 4.79 Å². The Kier molecular flexibility index (Phi) is 5.91. The Morgan fingerprint density at radius 1 is 1.35 bits per heavy atom. The molecule has 1 rings (SSSR count). The molecule has 1 unspecified atom stereocenters. The highest BCUT2D eigenvalue weighted by Gasteiger charge is 2.07. The van der Waals surface area contributed by atoms with E-state index >= 15 is 0 Å². The lowest BCUT2D eigenvalue weighted by molar-refractivity contribution is 0.0600. The van der Waals surface area contributed by atoms with Crippen molar-refractivity contribution < 1.29 is 14.3 Å². The van der Waals surface area contributed by atoms with E-state index in [2.05, 4.69) is 24.3 Å². The summed E-state index contributed by atoms with van der Waals surface area (Å²) in [5, 5.41) is 0. The highest BCUT2D eigenvalue weighted by molar-refractivity contribution is 7.80. The van der Waals surface area contributed by atoms with Crippen molar-refractivity contribution in [1.82, 2.24) is 0 Å². The van der Waals surface area contributed by atoms with Gasteiger partial charge in [-0.25, -0.2) is 4.79 Å². The van der Waals surface area contributed by atoms with Crippen molar-refractivity contribution in [3.63, 3.8) is 0 Å². The topological polar surface area (TPSA) is 35.5 Å². The molecule has 0 aliphatic carbocycles. The van der Waals surface area contributed by atoms with E-state index in [1.807, 2.05) is 0 Å². The van der Waals surface area contributed by atoms with E-state index in [0.29, 0.717) is 18.1 Å². The number of carbonyl (C=O) groups is 1. The van der Waals surface area contributed by atoms with Crippen molar-refractivity contribution >= 4 is 18.6 Å². The minimum atomic E-state index is -0.335. The standard InChI is InChI=1S/C13H18O3S/c1-3-10(9-17)8-16-12-6-4-11(5-7-12)13(14)15-2/h4-7,10,17H,3,8-9H2,1-2H3. The lowest BCUT2D eigenvalue weighted by atomic mass is 10.1. The van der Waals surface area contributed by atoms with Crippen molar-refractivity contribution in [3.8, 4) is 5.75 Å². The maximum Gasteiger partial charge on any atom is 0.337 e. The molecule has 0 radical (unpaired) electrons. The van der Waals surface area contributed by atoms with Gasteiger partial charge in [0, 0.05) is 5.92 Å². The number of thiol groups is 1. The van der Waals surface area contributed by atoms with Gasteiger partial charge in [-0.15, -0.1) is 0 Å². The van der Waals surface area contributed by atoms with E-state index in [1.54, 1.807) is 24.3 Å². The molecule has 17 heavy (non-hydrogen) atoms. The number of carbonyl (C=O) groups excluding carboxylic acids is 1. The average Bonchev–Trinajstić information content (AvgIpc) is 2.39. The Morgan fingerprint density at radius 2 is 2.00 bits per heavy atom. The molecule has 0 heterocycles.